The van der Waals surface area contributed by atoms with Gasteiger partial charge >= 0.3 is 0 Å². The van der Waals surface area contributed by atoms with Gasteiger partial charge in [0.1, 0.15) is 23.2 Å². The average Bonchev–Trinajstić information content (AvgIpc) is 3.54. The highest BCUT2D eigenvalue weighted by atomic mass is 31.2. The molecule has 4 aliphatic carbocycles. The number of hydrogen-bond donors (Lipinski definition) is 0. The molecule has 4 aliphatic rings. The van der Waals surface area contributed by atoms with Crippen LogP contribution in [0.25, 0.3) is 0 Å². The van der Waals surface area contributed by atoms with Crippen molar-refractivity contribution in [2.45, 2.75) is 104 Å². The Morgan fingerprint density at radius 3 is 1.78 bits per heavy atom. The number of fused-ring (bicyclic) bond motifs is 5. The first-order valence-electron chi connectivity index (χ1n) is 20.6. The third-order valence-electron chi connectivity index (χ3n) is 15.5. The van der Waals surface area contributed by atoms with Crippen molar-refractivity contribution in [2.75, 3.05) is 6.16 Å². The third kappa shape index (κ3) is 6.59. The Balaban J connectivity index is 0.943. The van der Waals surface area contributed by atoms with Gasteiger partial charge in [-0.2, -0.15) is 0 Å². The van der Waals surface area contributed by atoms with Crippen LogP contribution in [-0.2, 0) is 11.3 Å². The molecule has 0 amide bonds. The monoisotopic (exact) mass is 697 g/mol. The summed E-state index contributed by atoms with van der Waals surface area (Å²) in [5, 5.41) is 4.59. The second-order valence-electron chi connectivity index (χ2n) is 17.7. The van der Waals surface area contributed by atoms with E-state index >= 15 is 0 Å². The van der Waals surface area contributed by atoms with Gasteiger partial charge in [0, 0.05) is 0 Å². The summed E-state index contributed by atoms with van der Waals surface area (Å²) < 4.78 is 6.56. The summed E-state index contributed by atoms with van der Waals surface area (Å²) >= 11 is 0. The van der Waals surface area contributed by atoms with Gasteiger partial charge in [0.2, 0.25) is 0 Å². The maximum Gasteiger partial charge on any atom is 0.112 e. The van der Waals surface area contributed by atoms with E-state index in [2.05, 4.69) is 142 Å². The summed E-state index contributed by atoms with van der Waals surface area (Å²) in [6, 6.07) is 45.4. The molecule has 51 heavy (non-hydrogen) atoms. The Kier molecular flexibility index (Phi) is 10.4. The Hall–Kier alpha value is -2.73. The van der Waals surface area contributed by atoms with Crippen molar-refractivity contribution >= 4 is 23.2 Å². The van der Waals surface area contributed by atoms with Gasteiger partial charge in [-0.1, -0.05) is 106 Å². The Morgan fingerprint density at radius 2 is 1.18 bits per heavy atom. The lowest BCUT2D eigenvalue weighted by atomic mass is 9.44. The first-order chi connectivity index (χ1) is 24.9. The minimum Gasteiger partial charge on any atom is -0.374 e. The molecule has 8 rings (SSSR count). The minimum atomic E-state index is -1.76. The lowest BCUT2D eigenvalue weighted by Gasteiger charge is -2.61. The lowest BCUT2D eigenvalue weighted by molar-refractivity contribution is -0.138. The summed E-state index contributed by atoms with van der Waals surface area (Å²) in [4.78, 5) is 0. The van der Waals surface area contributed by atoms with Crippen LogP contribution in [0.5, 0.6) is 0 Å². The van der Waals surface area contributed by atoms with Crippen molar-refractivity contribution in [3.05, 3.63) is 127 Å². The summed E-state index contributed by atoms with van der Waals surface area (Å²) in [5.74, 6) is 5.29. The van der Waals surface area contributed by atoms with Crippen LogP contribution in [0.3, 0.4) is 0 Å². The van der Waals surface area contributed by atoms with Gasteiger partial charge in [-0.25, -0.2) is 0 Å². The Labute approximate surface area is 310 Å². The molecule has 0 radical (unpaired) electrons. The maximum atomic E-state index is 6.56. The zero-order chi connectivity index (χ0) is 34.9. The molecule has 1 nitrogen and oxygen atoms in total. The predicted octanol–water partition coefficient (Wildman–Crippen LogP) is 11.6. The molecule has 4 aromatic carbocycles. The van der Waals surface area contributed by atoms with E-state index in [0.717, 1.165) is 42.1 Å². The van der Waals surface area contributed by atoms with Gasteiger partial charge in [0.05, 0.1) is 18.9 Å². The van der Waals surface area contributed by atoms with Gasteiger partial charge in [-0.15, -0.1) is 0 Å². The van der Waals surface area contributed by atoms with E-state index < -0.39 is 7.26 Å². The standard InChI is InChI=1S/C49H62OP/c1-37(17-16-34-51(41-20-10-5-11-21-41,42-22-12-6-13-23-42)43-24-14-7-15-25-43)45-28-29-46-44-27-26-39-35-40(50-36-38-18-8-4-9-19-38)30-32-48(39,2)47(44)31-33-49(45,46)3/h4-15,18-25,37,39-40,44-47H,16-17,26-36H2,1-3H3/q+1/t37-,39-,40-,44+,45-,46+,47+,48+,49-/m1/s1. The quantitative estimate of drug-likeness (QED) is 0.142. The largest absolute Gasteiger partial charge is 0.374 e. The molecule has 2 heteroatoms. The van der Waals surface area contributed by atoms with Crippen LogP contribution in [-0.4, -0.2) is 12.3 Å². The Bertz CT molecular complexity index is 1590. The number of benzene rings is 4. The molecular formula is C49H62OP+. The summed E-state index contributed by atoms with van der Waals surface area (Å²) in [5.41, 5.74) is 2.35. The highest BCUT2D eigenvalue weighted by Gasteiger charge is 2.60. The van der Waals surface area contributed by atoms with Gasteiger partial charge in [0.15, 0.2) is 0 Å². The molecule has 0 saturated heterocycles. The fourth-order valence-corrected chi connectivity index (χ4v) is 17.2. The number of rotatable bonds is 11. The molecule has 4 saturated carbocycles. The lowest BCUT2D eigenvalue weighted by Crippen LogP contribution is -2.54. The fourth-order valence-electron chi connectivity index (χ4n) is 12.9. The predicted molar refractivity (Wildman–Crippen MR) is 219 cm³/mol. The second-order valence-corrected chi connectivity index (χ2v) is 21.4. The maximum absolute atomic E-state index is 6.56. The molecule has 0 aliphatic heterocycles. The SMILES string of the molecule is C[C@H](CCC[P+](c1ccccc1)(c1ccccc1)c1ccccc1)[C@H]1CC[C@H]2[C@@H]3CC[C@@H]4C[C@H](OCc5ccccc5)CC[C@]4(C)[C@H]3CC[C@]12C. The van der Waals surface area contributed by atoms with Crippen LogP contribution in [0.2, 0.25) is 0 Å². The summed E-state index contributed by atoms with van der Waals surface area (Å²) in [7, 11) is -1.76. The number of ether oxygens (including phenoxy) is 1. The van der Waals surface area contributed by atoms with Gasteiger partial charge < -0.3 is 4.74 Å². The highest BCUT2D eigenvalue weighted by Crippen LogP contribution is 2.68. The van der Waals surface area contributed by atoms with Crippen LogP contribution in [0.15, 0.2) is 121 Å². The van der Waals surface area contributed by atoms with E-state index in [4.69, 9.17) is 4.74 Å². The van der Waals surface area contributed by atoms with Crippen molar-refractivity contribution in [3.8, 4) is 0 Å². The molecule has 0 N–H and O–H groups in total. The molecule has 0 aromatic heterocycles. The molecule has 0 bridgehead atoms. The van der Waals surface area contributed by atoms with Gasteiger partial charge in [-0.05, 0) is 159 Å². The van der Waals surface area contributed by atoms with Crippen LogP contribution in [0.4, 0.5) is 0 Å². The zero-order valence-corrected chi connectivity index (χ0v) is 32.5. The molecule has 0 unspecified atom stereocenters. The third-order valence-corrected chi connectivity index (χ3v) is 20.0. The molecule has 0 spiro atoms. The second kappa shape index (κ2) is 15.0. The molecule has 268 valence electrons. The normalized spacial score (nSPS) is 32.4. The van der Waals surface area contributed by atoms with Crippen molar-refractivity contribution in [1.29, 1.82) is 0 Å². The molecular weight excluding hydrogens is 636 g/mol. The van der Waals surface area contributed by atoms with E-state index in [1.807, 2.05) is 0 Å². The topological polar surface area (TPSA) is 9.23 Å². The van der Waals surface area contributed by atoms with Crippen LogP contribution >= 0.6 is 7.26 Å². The first kappa shape index (κ1) is 35.3. The first-order valence-corrected chi connectivity index (χ1v) is 22.6. The van der Waals surface area contributed by atoms with Gasteiger partial charge in [0.25, 0.3) is 0 Å². The molecule has 9 atom stereocenters. The molecule has 0 heterocycles. The van der Waals surface area contributed by atoms with E-state index in [9.17, 15) is 0 Å². The minimum absolute atomic E-state index is 0.442. The molecule has 4 fully saturated rings. The summed E-state index contributed by atoms with van der Waals surface area (Å²) in [6.07, 6.45) is 17.0. The molecule has 4 aromatic rings. The van der Waals surface area contributed by atoms with E-state index in [1.165, 1.54) is 98.3 Å². The van der Waals surface area contributed by atoms with E-state index in [0.29, 0.717) is 16.9 Å². The highest BCUT2D eigenvalue weighted by molar-refractivity contribution is 7.95. The van der Waals surface area contributed by atoms with E-state index in [1.54, 1.807) is 0 Å². The van der Waals surface area contributed by atoms with Gasteiger partial charge in [-0.3, -0.25) is 0 Å². The average molecular weight is 698 g/mol. The van der Waals surface area contributed by atoms with Crippen molar-refractivity contribution in [2.24, 2.45) is 46.3 Å². The van der Waals surface area contributed by atoms with Crippen LogP contribution in [0, 0.1) is 46.3 Å². The van der Waals surface area contributed by atoms with Crippen molar-refractivity contribution in [1.82, 2.24) is 0 Å². The van der Waals surface area contributed by atoms with E-state index in [-0.39, 0.29) is 0 Å². The van der Waals surface area contributed by atoms with Crippen molar-refractivity contribution < 1.29 is 4.74 Å². The van der Waals surface area contributed by atoms with Crippen LogP contribution < -0.4 is 15.9 Å². The smallest absolute Gasteiger partial charge is 0.112 e. The van der Waals surface area contributed by atoms with Crippen molar-refractivity contribution in [3.63, 3.8) is 0 Å². The fraction of sp³-hybridized carbons (Fsp3) is 0.510. The zero-order valence-electron chi connectivity index (χ0n) is 31.6. The number of hydrogen-bond acceptors (Lipinski definition) is 1. The Morgan fingerprint density at radius 1 is 0.627 bits per heavy atom. The van der Waals surface area contributed by atoms with Crippen LogP contribution in [0.1, 0.15) is 97.0 Å². The summed E-state index contributed by atoms with van der Waals surface area (Å²) in [6.45, 7) is 8.91.